The van der Waals surface area contributed by atoms with Crippen LogP contribution in [0.25, 0.3) is 11.0 Å². The predicted octanol–water partition coefficient (Wildman–Crippen LogP) is 4.31. The standard InChI is InChI=1S/C23H20BrN5O3/c1-14-19-11-17(12-25-22(19)29(2)28-14)27-23(31)18-5-3-4-6-20(18)32-13-21(30)26-16-9-7-15(24)8-10-16/h3-12H,13H2,1-2H3,(H,26,30)(H,27,31). The number of benzene rings is 2. The van der Waals surface area contributed by atoms with Crippen LogP contribution in [-0.4, -0.2) is 33.2 Å². The van der Waals surface area contributed by atoms with Crippen LogP contribution in [0.1, 0.15) is 16.1 Å². The van der Waals surface area contributed by atoms with Crippen LogP contribution in [0.4, 0.5) is 11.4 Å². The molecular formula is C23H20BrN5O3. The Bertz CT molecular complexity index is 1300. The number of hydrogen-bond acceptors (Lipinski definition) is 5. The molecule has 4 rings (SSSR count). The number of nitrogens with one attached hydrogen (secondary N) is 2. The molecule has 8 nitrogen and oxygen atoms in total. The summed E-state index contributed by atoms with van der Waals surface area (Å²) in [6.07, 6.45) is 1.58. The summed E-state index contributed by atoms with van der Waals surface area (Å²) in [5.41, 5.74) is 3.07. The van der Waals surface area contributed by atoms with Gasteiger partial charge in [0.15, 0.2) is 12.3 Å². The fourth-order valence-electron chi connectivity index (χ4n) is 3.23. The Morgan fingerprint density at radius 1 is 1.06 bits per heavy atom. The van der Waals surface area contributed by atoms with Crippen molar-refractivity contribution in [3.05, 3.63) is 76.5 Å². The molecule has 0 unspecified atom stereocenters. The summed E-state index contributed by atoms with van der Waals surface area (Å²) in [6.45, 7) is 1.65. The average molecular weight is 494 g/mol. The SMILES string of the molecule is Cc1nn(C)c2ncc(NC(=O)c3ccccc3OCC(=O)Nc3ccc(Br)cc3)cc12. The molecule has 0 aliphatic heterocycles. The minimum atomic E-state index is -0.364. The lowest BCUT2D eigenvalue weighted by molar-refractivity contribution is -0.118. The van der Waals surface area contributed by atoms with E-state index in [0.717, 1.165) is 21.2 Å². The van der Waals surface area contributed by atoms with Gasteiger partial charge in [-0.15, -0.1) is 0 Å². The number of ether oxygens (including phenoxy) is 1. The van der Waals surface area contributed by atoms with E-state index in [1.54, 1.807) is 47.3 Å². The van der Waals surface area contributed by atoms with Gasteiger partial charge in [-0.3, -0.25) is 14.3 Å². The van der Waals surface area contributed by atoms with Crippen LogP contribution in [-0.2, 0) is 11.8 Å². The first-order valence-electron chi connectivity index (χ1n) is 9.78. The van der Waals surface area contributed by atoms with Gasteiger partial charge in [0.1, 0.15) is 5.75 Å². The first-order valence-corrected chi connectivity index (χ1v) is 10.6. The monoisotopic (exact) mass is 493 g/mol. The van der Waals surface area contributed by atoms with E-state index in [9.17, 15) is 9.59 Å². The van der Waals surface area contributed by atoms with Crippen molar-refractivity contribution in [2.75, 3.05) is 17.2 Å². The van der Waals surface area contributed by atoms with Crippen molar-refractivity contribution in [1.82, 2.24) is 14.8 Å². The van der Waals surface area contributed by atoms with Crippen molar-refractivity contribution in [1.29, 1.82) is 0 Å². The fourth-order valence-corrected chi connectivity index (χ4v) is 3.49. The molecule has 0 saturated carbocycles. The lowest BCUT2D eigenvalue weighted by Gasteiger charge is -2.12. The fraction of sp³-hybridized carbons (Fsp3) is 0.130. The van der Waals surface area contributed by atoms with Gasteiger partial charge in [0.2, 0.25) is 0 Å². The molecule has 0 aliphatic rings. The van der Waals surface area contributed by atoms with Crippen LogP contribution in [0.5, 0.6) is 5.75 Å². The largest absolute Gasteiger partial charge is 0.483 e. The van der Waals surface area contributed by atoms with E-state index in [2.05, 4.69) is 36.6 Å². The molecule has 0 saturated heterocycles. The van der Waals surface area contributed by atoms with Gasteiger partial charge >= 0.3 is 0 Å². The highest BCUT2D eigenvalue weighted by Gasteiger charge is 2.15. The minimum absolute atomic E-state index is 0.233. The Morgan fingerprint density at radius 2 is 1.81 bits per heavy atom. The molecule has 2 amide bonds. The Balaban J connectivity index is 1.44. The van der Waals surface area contributed by atoms with Gasteiger partial charge in [-0.2, -0.15) is 5.10 Å². The maximum absolute atomic E-state index is 12.9. The highest BCUT2D eigenvalue weighted by Crippen LogP contribution is 2.23. The lowest BCUT2D eigenvalue weighted by Crippen LogP contribution is -2.21. The minimum Gasteiger partial charge on any atom is -0.483 e. The van der Waals surface area contributed by atoms with E-state index in [0.29, 0.717) is 22.7 Å². The molecule has 4 aromatic rings. The Hall–Kier alpha value is -3.72. The summed E-state index contributed by atoms with van der Waals surface area (Å²) < 4.78 is 8.24. The second-order valence-corrected chi connectivity index (χ2v) is 8.01. The maximum atomic E-state index is 12.9. The van der Waals surface area contributed by atoms with E-state index in [1.165, 1.54) is 0 Å². The van der Waals surface area contributed by atoms with Crippen LogP contribution >= 0.6 is 15.9 Å². The van der Waals surface area contributed by atoms with E-state index in [4.69, 9.17) is 4.74 Å². The van der Waals surface area contributed by atoms with Gasteiger partial charge in [-0.25, -0.2) is 4.98 Å². The molecule has 162 valence electrons. The quantitative estimate of drug-likeness (QED) is 0.417. The maximum Gasteiger partial charge on any atom is 0.262 e. The predicted molar refractivity (Wildman–Crippen MR) is 126 cm³/mol. The number of anilines is 2. The zero-order valence-corrected chi connectivity index (χ0v) is 19.0. The molecule has 2 aromatic heterocycles. The van der Waals surface area contributed by atoms with Crippen molar-refractivity contribution < 1.29 is 14.3 Å². The van der Waals surface area contributed by atoms with Crippen LogP contribution in [0, 0.1) is 6.92 Å². The molecule has 0 bridgehead atoms. The first-order chi connectivity index (χ1) is 15.4. The number of hydrogen-bond donors (Lipinski definition) is 2. The second kappa shape index (κ2) is 9.19. The van der Waals surface area contributed by atoms with Crippen molar-refractivity contribution in [3.8, 4) is 5.75 Å². The zero-order valence-electron chi connectivity index (χ0n) is 17.4. The average Bonchev–Trinajstić information content (AvgIpc) is 3.07. The molecule has 0 atom stereocenters. The summed E-state index contributed by atoms with van der Waals surface area (Å²) in [4.78, 5) is 29.5. The van der Waals surface area contributed by atoms with Crippen LogP contribution < -0.4 is 15.4 Å². The number of rotatable bonds is 6. The van der Waals surface area contributed by atoms with Gasteiger partial charge in [-0.1, -0.05) is 28.1 Å². The number of halogens is 1. The number of amides is 2. The third-order valence-electron chi connectivity index (χ3n) is 4.74. The molecule has 0 fully saturated rings. The molecule has 0 spiro atoms. The van der Waals surface area contributed by atoms with Crippen molar-refractivity contribution >= 4 is 50.2 Å². The number of pyridine rings is 1. The van der Waals surface area contributed by atoms with Gasteiger partial charge < -0.3 is 15.4 Å². The Kier molecular flexibility index (Phi) is 6.18. The third kappa shape index (κ3) is 4.78. The van der Waals surface area contributed by atoms with Gasteiger partial charge in [0.05, 0.1) is 23.1 Å². The second-order valence-electron chi connectivity index (χ2n) is 7.10. The smallest absolute Gasteiger partial charge is 0.262 e. The normalized spacial score (nSPS) is 10.7. The molecule has 0 radical (unpaired) electrons. The molecule has 2 N–H and O–H groups in total. The summed E-state index contributed by atoms with van der Waals surface area (Å²) >= 11 is 3.35. The van der Waals surface area contributed by atoms with E-state index in [-0.39, 0.29) is 18.4 Å². The van der Waals surface area contributed by atoms with E-state index in [1.807, 2.05) is 32.2 Å². The highest BCUT2D eigenvalue weighted by molar-refractivity contribution is 9.10. The Morgan fingerprint density at radius 3 is 2.59 bits per heavy atom. The molecule has 0 aliphatic carbocycles. The van der Waals surface area contributed by atoms with Crippen LogP contribution in [0.3, 0.4) is 0 Å². The van der Waals surface area contributed by atoms with E-state index >= 15 is 0 Å². The van der Waals surface area contributed by atoms with Crippen molar-refractivity contribution in [2.24, 2.45) is 7.05 Å². The zero-order chi connectivity index (χ0) is 22.7. The topological polar surface area (TPSA) is 98.1 Å². The Labute approximate surface area is 192 Å². The number of para-hydroxylation sites is 1. The molecule has 2 aromatic carbocycles. The number of fused-ring (bicyclic) bond motifs is 1. The highest BCUT2D eigenvalue weighted by atomic mass is 79.9. The summed E-state index contributed by atoms with van der Waals surface area (Å²) in [6, 6.07) is 15.8. The number of aromatic nitrogens is 3. The van der Waals surface area contributed by atoms with Gasteiger partial charge in [-0.05, 0) is 49.4 Å². The number of nitrogens with zero attached hydrogens (tertiary/aromatic N) is 3. The number of aryl methyl sites for hydroxylation is 2. The third-order valence-corrected chi connectivity index (χ3v) is 5.27. The first kappa shape index (κ1) is 21.5. The molecule has 32 heavy (non-hydrogen) atoms. The number of carbonyl (C=O) groups excluding carboxylic acids is 2. The van der Waals surface area contributed by atoms with Gasteiger partial charge in [0.25, 0.3) is 11.8 Å². The summed E-state index contributed by atoms with van der Waals surface area (Å²) in [7, 11) is 1.82. The van der Waals surface area contributed by atoms with Crippen molar-refractivity contribution in [2.45, 2.75) is 6.92 Å². The van der Waals surface area contributed by atoms with Gasteiger partial charge in [0, 0.05) is 22.6 Å². The summed E-state index contributed by atoms with van der Waals surface area (Å²) in [5, 5.41) is 10.8. The van der Waals surface area contributed by atoms with E-state index < -0.39 is 0 Å². The molecular weight excluding hydrogens is 474 g/mol. The van der Waals surface area contributed by atoms with Crippen molar-refractivity contribution in [3.63, 3.8) is 0 Å². The summed E-state index contributed by atoms with van der Waals surface area (Å²) in [5.74, 6) is -0.386. The molecule has 9 heteroatoms. The molecule has 2 heterocycles. The van der Waals surface area contributed by atoms with Crippen LogP contribution in [0.15, 0.2) is 65.3 Å². The number of carbonyl (C=O) groups is 2. The lowest BCUT2D eigenvalue weighted by atomic mass is 10.2. The van der Waals surface area contributed by atoms with Crippen LogP contribution in [0.2, 0.25) is 0 Å².